The van der Waals surface area contributed by atoms with Gasteiger partial charge in [0.2, 0.25) is 0 Å². The number of nitrogens with two attached hydrogens (primary N) is 1. The Hall–Kier alpha value is -3.14. The first-order valence-electron chi connectivity index (χ1n) is 8.58. The van der Waals surface area contributed by atoms with Gasteiger partial charge in [-0.15, -0.1) is 0 Å². The van der Waals surface area contributed by atoms with Crippen LogP contribution in [-0.4, -0.2) is 10.9 Å². The van der Waals surface area contributed by atoms with Crippen LogP contribution in [0.25, 0.3) is 11.3 Å². The fourth-order valence-corrected chi connectivity index (χ4v) is 2.64. The zero-order chi connectivity index (χ0) is 18.7. The van der Waals surface area contributed by atoms with Gasteiger partial charge < -0.3 is 11.1 Å². The zero-order valence-corrected chi connectivity index (χ0v) is 15.3. The fraction of sp³-hybridized carbons (Fsp3) is 0.182. The van der Waals surface area contributed by atoms with E-state index < -0.39 is 0 Å². The minimum Gasteiger partial charge on any atom is -0.396 e. The number of aromatic nitrogens is 1. The number of hydrogen-bond acceptors (Lipinski definition) is 3. The summed E-state index contributed by atoms with van der Waals surface area (Å²) in [7, 11) is 0. The van der Waals surface area contributed by atoms with Gasteiger partial charge in [-0.25, -0.2) is 4.98 Å². The van der Waals surface area contributed by atoms with Crippen LogP contribution in [-0.2, 0) is 5.41 Å². The molecule has 2 aromatic carbocycles. The molecule has 0 bridgehead atoms. The first-order chi connectivity index (χ1) is 12.3. The van der Waals surface area contributed by atoms with Crippen molar-refractivity contribution in [2.24, 2.45) is 0 Å². The lowest BCUT2D eigenvalue weighted by Crippen LogP contribution is -2.16. The predicted molar refractivity (Wildman–Crippen MR) is 107 cm³/mol. The minimum atomic E-state index is -0.227. The average Bonchev–Trinajstić information content (AvgIpc) is 2.63. The first kappa shape index (κ1) is 17.7. The van der Waals surface area contributed by atoms with Crippen molar-refractivity contribution in [1.29, 1.82) is 0 Å². The zero-order valence-electron chi connectivity index (χ0n) is 15.3. The first-order valence-corrected chi connectivity index (χ1v) is 8.58. The highest BCUT2D eigenvalue weighted by molar-refractivity contribution is 6.05. The van der Waals surface area contributed by atoms with Crippen molar-refractivity contribution in [2.75, 3.05) is 11.1 Å². The van der Waals surface area contributed by atoms with Gasteiger partial charge in [0.1, 0.15) is 0 Å². The van der Waals surface area contributed by atoms with E-state index in [0.29, 0.717) is 17.1 Å². The summed E-state index contributed by atoms with van der Waals surface area (Å²) in [6.07, 6.45) is 0. The van der Waals surface area contributed by atoms with Crippen LogP contribution < -0.4 is 11.1 Å². The van der Waals surface area contributed by atoms with Crippen molar-refractivity contribution in [3.05, 3.63) is 77.9 Å². The molecule has 1 heterocycles. The lowest BCUT2D eigenvalue weighted by molar-refractivity contribution is 0.102. The maximum absolute atomic E-state index is 12.6. The fourth-order valence-electron chi connectivity index (χ4n) is 2.64. The maximum atomic E-state index is 12.6. The summed E-state index contributed by atoms with van der Waals surface area (Å²) in [4.78, 5) is 17.1. The van der Waals surface area contributed by atoms with Gasteiger partial charge in [0.05, 0.1) is 11.4 Å². The van der Waals surface area contributed by atoms with Crippen LogP contribution in [0.1, 0.15) is 36.7 Å². The Balaban J connectivity index is 1.83. The largest absolute Gasteiger partial charge is 0.396 e. The number of benzene rings is 2. The van der Waals surface area contributed by atoms with E-state index in [1.807, 2.05) is 60.7 Å². The molecule has 0 spiro atoms. The van der Waals surface area contributed by atoms with E-state index in [2.05, 4.69) is 31.1 Å². The molecule has 0 unspecified atom stereocenters. The highest BCUT2D eigenvalue weighted by atomic mass is 16.1. The van der Waals surface area contributed by atoms with Crippen LogP contribution >= 0.6 is 0 Å². The van der Waals surface area contributed by atoms with Gasteiger partial charge in [0.25, 0.3) is 5.91 Å². The molecule has 0 fully saturated rings. The molecule has 4 heteroatoms. The van der Waals surface area contributed by atoms with E-state index in [9.17, 15) is 4.79 Å². The summed E-state index contributed by atoms with van der Waals surface area (Å²) in [5, 5.41) is 2.82. The van der Waals surface area contributed by atoms with Crippen LogP contribution in [0.3, 0.4) is 0 Å². The van der Waals surface area contributed by atoms with Crippen LogP contribution in [0.4, 0.5) is 11.5 Å². The molecule has 0 radical (unpaired) electrons. The molecule has 132 valence electrons. The Morgan fingerprint density at radius 1 is 0.923 bits per heavy atom. The Morgan fingerprint density at radius 3 is 2.19 bits per heavy atom. The molecule has 1 amide bonds. The SMILES string of the molecule is CC(C)(C)c1ccc(C(=O)Nc2nc(-c3ccccc3)ccc2N)cc1. The van der Waals surface area contributed by atoms with Crippen LogP contribution in [0, 0.1) is 0 Å². The molecule has 0 saturated carbocycles. The molecule has 1 aromatic heterocycles. The molecule has 0 aliphatic rings. The molecule has 3 aromatic rings. The number of carbonyl (C=O) groups excluding carboxylic acids is 1. The number of nitrogen functional groups attached to an aromatic ring is 1. The molecular weight excluding hydrogens is 322 g/mol. The van der Waals surface area contributed by atoms with E-state index in [1.54, 1.807) is 6.07 Å². The Bertz CT molecular complexity index is 910. The van der Waals surface area contributed by atoms with Crippen LogP contribution in [0.2, 0.25) is 0 Å². The number of amides is 1. The quantitative estimate of drug-likeness (QED) is 0.711. The third-order valence-electron chi connectivity index (χ3n) is 4.24. The molecule has 0 aliphatic heterocycles. The monoisotopic (exact) mass is 345 g/mol. The lowest BCUT2D eigenvalue weighted by atomic mass is 9.87. The van der Waals surface area contributed by atoms with Gasteiger partial charge in [-0.3, -0.25) is 4.79 Å². The topological polar surface area (TPSA) is 68.0 Å². The van der Waals surface area contributed by atoms with E-state index >= 15 is 0 Å². The molecule has 3 rings (SSSR count). The third kappa shape index (κ3) is 3.91. The van der Waals surface area contributed by atoms with Crippen molar-refractivity contribution in [1.82, 2.24) is 4.98 Å². The number of nitrogens with one attached hydrogen (secondary N) is 1. The second-order valence-corrected chi connectivity index (χ2v) is 7.28. The number of carbonyl (C=O) groups is 1. The van der Waals surface area contributed by atoms with Gasteiger partial charge in [-0.2, -0.15) is 0 Å². The summed E-state index contributed by atoms with van der Waals surface area (Å²) in [6.45, 7) is 6.42. The highest BCUT2D eigenvalue weighted by Crippen LogP contribution is 2.25. The summed E-state index contributed by atoms with van der Waals surface area (Å²) in [6, 6.07) is 21.0. The summed E-state index contributed by atoms with van der Waals surface area (Å²) in [5.41, 5.74) is 9.96. The molecule has 3 N–H and O–H groups in total. The van der Waals surface area contributed by atoms with E-state index in [-0.39, 0.29) is 11.3 Å². The highest BCUT2D eigenvalue weighted by Gasteiger charge is 2.15. The minimum absolute atomic E-state index is 0.0466. The van der Waals surface area contributed by atoms with Gasteiger partial charge in [-0.1, -0.05) is 63.2 Å². The average molecular weight is 345 g/mol. The van der Waals surface area contributed by atoms with Crippen molar-refractivity contribution in [2.45, 2.75) is 26.2 Å². The molecule has 0 atom stereocenters. The molecule has 26 heavy (non-hydrogen) atoms. The summed E-state index contributed by atoms with van der Waals surface area (Å²) >= 11 is 0. The normalized spacial score (nSPS) is 11.2. The van der Waals surface area contributed by atoms with Gasteiger partial charge in [-0.05, 0) is 35.2 Å². The molecule has 0 saturated heterocycles. The van der Waals surface area contributed by atoms with Gasteiger partial charge in [0.15, 0.2) is 5.82 Å². The van der Waals surface area contributed by atoms with Gasteiger partial charge in [0, 0.05) is 11.1 Å². The Labute approximate surface area is 154 Å². The molecule has 4 nitrogen and oxygen atoms in total. The predicted octanol–water partition coefficient (Wildman–Crippen LogP) is 4.88. The number of nitrogens with zero attached hydrogens (tertiary/aromatic N) is 1. The van der Waals surface area contributed by atoms with E-state index in [0.717, 1.165) is 11.3 Å². The Kier molecular flexibility index (Phi) is 4.76. The van der Waals surface area contributed by atoms with Crippen LogP contribution in [0.15, 0.2) is 66.7 Å². The number of hydrogen-bond donors (Lipinski definition) is 2. The Morgan fingerprint density at radius 2 is 1.58 bits per heavy atom. The standard InChI is InChI=1S/C22H23N3O/c1-22(2,3)17-11-9-16(10-12-17)21(26)25-20-18(23)13-14-19(24-20)15-7-5-4-6-8-15/h4-14H,23H2,1-3H3,(H,24,25,26). The number of anilines is 2. The molecular formula is C22H23N3O. The maximum Gasteiger partial charge on any atom is 0.256 e. The summed E-state index contributed by atoms with van der Waals surface area (Å²) < 4.78 is 0. The van der Waals surface area contributed by atoms with Crippen molar-refractivity contribution in [3.8, 4) is 11.3 Å². The molecule has 0 aliphatic carbocycles. The van der Waals surface area contributed by atoms with E-state index in [4.69, 9.17) is 5.73 Å². The third-order valence-corrected chi connectivity index (χ3v) is 4.24. The van der Waals surface area contributed by atoms with E-state index in [1.165, 1.54) is 5.56 Å². The van der Waals surface area contributed by atoms with Crippen molar-refractivity contribution >= 4 is 17.4 Å². The van der Waals surface area contributed by atoms with Crippen molar-refractivity contribution in [3.63, 3.8) is 0 Å². The number of rotatable bonds is 3. The smallest absolute Gasteiger partial charge is 0.256 e. The number of pyridine rings is 1. The lowest BCUT2D eigenvalue weighted by Gasteiger charge is -2.19. The second kappa shape index (κ2) is 7.00. The van der Waals surface area contributed by atoms with Crippen molar-refractivity contribution < 1.29 is 4.79 Å². The summed E-state index contributed by atoms with van der Waals surface area (Å²) in [5.74, 6) is 0.145. The van der Waals surface area contributed by atoms with Gasteiger partial charge >= 0.3 is 0 Å². The van der Waals surface area contributed by atoms with Crippen LogP contribution in [0.5, 0.6) is 0 Å². The second-order valence-electron chi connectivity index (χ2n) is 7.28.